The van der Waals surface area contributed by atoms with Crippen molar-refractivity contribution >= 4 is 48.9 Å². The van der Waals surface area contributed by atoms with Crippen LogP contribution in [0.4, 0.5) is 0 Å². The van der Waals surface area contributed by atoms with E-state index in [0.717, 1.165) is 0 Å². The van der Waals surface area contributed by atoms with Crippen LogP contribution in [0.25, 0.3) is 0 Å². The van der Waals surface area contributed by atoms with Crippen molar-refractivity contribution in [3.63, 3.8) is 0 Å². The van der Waals surface area contributed by atoms with Crippen molar-refractivity contribution in [2.75, 3.05) is 11.5 Å². The van der Waals surface area contributed by atoms with Gasteiger partial charge < -0.3 is 31.9 Å². The number of rotatable bonds is 13. The third-order valence-electron chi connectivity index (χ3n) is 4.68. The van der Waals surface area contributed by atoms with Gasteiger partial charge in [0.15, 0.2) is 0 Å². The third-order valence-corrected chi connectivity index (χ3v) is 5.41. The fourth-order valence-corrected chi connectivity index (χ4v) is 3.40. The van der Waals surface area contributed by atoms with Gasteiger partial charge in [0.05, 0.1) is 6.04 Å². The molecule has 10 nitrogen and oxygen atoms in total. The van der Waals surface area contributed by atoms with Crippen LogP contribution >= 0.6 is 25.3 Å². The summed E-state index contributed by atoms with van der Waals surface area (Å²) in [5.41, 5.74) is 6.59. The molecule has 0 heterocycles. The molecule has 3 amide bonds. The lowest BCUT2D eigenvalue weighted by atomic mass is 10.0. The molecule has 0 spiro atoms. The number of carbonyl (C=O) groups is 4. The first-order valence-corrected chi connectivity index (χ1v) is 11.6. The van der Waals surface area contributed by atoms with Crippen LogP contribution in [0.5, 0.6) is 5.75 Å². The molecule has 0 saturated heterocycles. The molecular weight excluding hydrogens is 468 g/mol. The number of carboxylic acids is 1. The minimum Gasteiger partial charge on any atom is -0.508 e. The van der Waals surface area contributed by atoms with Gasteiger partial charge in [-0.2, -0.15) is 25.3 Å². The van der Waals surface area contributed by atoms with Gasteiger partial charge in [-0.15, -0.1) is 0 Å². The molecular formula is C21H32N4O6S2. The third kappa shape index (κ3) is 9.93. The minimum absolute atomic E-state index is 0.0479. The molecule has 4 atom stereocenters. The first-order chi connectivity index (χ1) is 15.5. The molecule has 1 aromatic rings. The number of amides is 3. The molecule has 1 rings (SSSR count). The number of carbonyl (C=O) groups excluding carboxylic acids is 3. The Balaban J connectivity index is 3.00. The zero-order valence-electron chi connectivity index (χ0n) is 18.5. The second-order valence-corrected chi connectivity index (χ2v) is 8.72. The number of hydrogen-bond acceptors (Lipinski definition) is 8. The van der Waals surface area contributed by atoms with Gasteiger partial charge >= 0.3 is 5.97 Å². The van der Waals surface area contributed by atoms with Crippen molar-refractivity contribution < 1.29 is 29.4 Å². The maximum Gasteiger partial charge on any atom is 0.327 e. The predicted octanol–water partition coefficient (Wildman–Crippen LogP) is -0.293. The van der Waals surface area contributed by atoms with Crippen LogP contribution in [0.2, 0.25) is 0 Å². The van der Waals surface area contributed by atoms with Crippen molar-refractivity contribution in [2.24, 2.45) is 11.7 Å². The topological polar surface area (TPSA) is 171 Å². The number of nitrogens with two attached hydrogens (primary N) is 1. The fourth-order valence-electron chi connectivity index (χ4n) is 2.89. The van der Waals surface area contributed by atoms with Crippen LogP contribution in [0, 0.1) is 5.92 Å². The van der Waals surface area contributed by atoms with Crippen molar-refractivity contribution in [1.82, 2.24) is 16.0 Å². The van der Waals surface area contributed by atoms with Gasteiger partial charge in [0.2, 0.25) is 17.7 Å². The summed E-state index contributed by atoms with van der Waals surface area (Å²) in [5, 5.41) is 26.0. The second kappa shape index (κ2) is 14.0. The Kier molecular flexibility index (Phi) is 12.1. The minimum atomic E-state index is -1.26. The van der Waals surface area contributed by atoms with E-state index in [0.29, 0.717) is 12.0 Å². The Labute approximate surface area is 203 Å². The molecule has 1 aromatic carbocycles. The molecule has 33 heavy (non-hydrogen) atoms. The Hall–Kier alpha value is -2.44. The summed E-state index contributed by atoms with van der Waals surface area (Å²) in [6, 6.07) is 1.82. The van der Waals surface area contributed by atoms with Gasteiger partial charge in [-0.1, -0.05) is 26.0 Å². The summed E-state index contributed by atoms with van der Waals surface area (Å²) in [5.74, 6) is -3.22. The van der Waals surface area contributed by atoms with E-state index < -0.39 is 47.9 Å². The molecule has 0 aliphatic carbocycles. The van der Waals surface area contributed by atoms with Crippen LogP contribution in [-0.2, 0) is 25.6 Å². The van der Waals surface area contributed by atoms with Gasteiger partial charge in [0.25, 0.3) is 0 Å². The predicted molar refractivity (Wildman–Crippen MR) is 130 cm³/mol. The van der Waals surface area contributed by atoms with Gasteiger partial charge in [-0.3, -0.25) is 14.4 Å². The Morgan fingerprint density at radius 2 is 1.36 bits per heavy atom. The first-order valence-electron chi connectivity index (χ1n) is 10.4. The maximum atomic E-state index is 13.0. The van der Waals surface area contributed by atoms with E-state index in [9.17, 15) is 24.3 Å². The molecule has 4 unspecified atom stereocenters. The standard InChI is InChI=1S/C21H32N4O6S2/c1-11(2)7-14(22)18(27)23-15(8-12-3-5-13(26)6-4-12)19(28)24-16(9-32)20(29)25-17(10-33)21(30)31/h3-6,11,14-17,26,32-33H,7-10,22H2,1-2H3,(H,23,27)(H,24,28)(H,25,29)(H,30,31). The van der Waals surface area contributed by atoms with E-state index in [1.807, 2.05) is 13.8 Å². The summed E-state index contributed by atoms with van der Waals surface area (Å²) in [6.07, 6.45) is 0.489. The number of nitrogens with one attached hydrogen (secondary N) is 3. The number of phenolic OH excluding ortho intramolecular Hbond substituents is 1. The summed E-state index contributed by atoms with van der Waals surface area (Å²) in [7, 11) is 0. The molecule has 184 valence electrons. The molecule has 0 aliphatic heterocycles. The average Bonchev–Trinajstić information content (AvgIpc) is 2.75. The second-order valence-electron chi connectivity index (χ2n) is 7.99. The van der Waals surface area contributed by atoms with Crippen molar-refractivity contribution in [3.05, 3.63) is 29.8 Å². The lowest BCUT2D eigenvalue weighted by Gasteiger charge is -2.24. The summed E-state index contributed by atoms with van der Waals surface area (Å²) < 4.78 is 0. The highest BCUT2D eigenvalue weighted by Crippen LogP contribution is 2.12. The smallest absolute Gasteiger partial charge is 0.327 e. The number of benzene rings is 1. The molecule has 0 bridgehead atoms. The van der Waals surface area contributed by atoms with E-state index >= 15 is 0 Å². The highest BCUT2D eigenvalue weighted by molar-refractivity contribution is 7.80. The monoisotopic (exact) mass is 500 g/mol. The Bertz CT molecular complexity index is 821. The van der Waals surface area contributed by atoms with E-state index in [1.165, 1.54) is 12.1 Å². The summed E-state index contributed by atoms with van der Waals surface area (Å²) in [6.45, 7) is 3.83. The lowest BCUT2D eigenvalue weighted by Crippen LogP contribution is -2.58. The highest BCUT2D eigenvalue weighted by Gasteiger charge is 2.29. The largest absolute Gasteiger partial charge is 0.508 e. The summed E-state index contributed by atoms with van der Waals surface area (Å²) >= 11 is 7.97. The van der Waals surface area contributed by atoms with Crippen LogP contribution in [0.1, 0.15) is 25.8 Å². The first kappa shape index (κ1) is 28.6. The molecule has 12 heteroatoms. The fraction of sp³-hybridized carbons (Fsp3) is 0.524. The zero-order valence-corrected chi connectivity index (χ0v) is 20.3. The van der Waals surface area contributed by atoms with E-state index in [-0.39, 0.29) is 29.6 Å². The number of aliphatic carboxylic acids is 1. The van der Waals surface area contributed by atoms with Gasteiger partial charge in [-0.25, -0.2) is 4.79 Å². The normalized spacial score (nSPS) is 14.6. The molecule has 0 saturated carbocycles. The van der Waals surface area contributed by atoms with E-state index in [1.54, 1.807) is 12.1 Å². The summed E-state index contributed by atoms with van der Waals surface area (Å²) in [4.78, 5) is 49.2. The van der Waals surface area contributed by atoms with Crippen LogP contribution in [0.15, 0.2) is 24.3 Å². The van der Waals surface area contributed by atoms with Gasteiger partial charge in [0.1, 0.15) is 23.9 Å². The van der Waals surface area contributed by atoms with Gasteiger partial charge in [-0.05, 0) is 30.0 Å². The van der Waals surface area contributed by atoms with Crippen molar-refractivity contribution in [2.45, 2.75) is 50.9 Å². The average molecular weight is 501 g/mol. The van der Waals surface area contributed by atoms with Crippen LogP contribution in [-0.4, -0.2) is 69.6 Å². The van der Waals surface area contributed by atoms with Crippen LogP contribution < -0.4 is 21.7 Å². The molecule has 0 aromatic heterocycles. The lowest BCUT2D eigenvalue weighted by molar-refractivity contribution is -0.141. The highest BCUT2D eigenvalue weighted by atomic mass is 32.1. The number of hydrogen-bond donors (Lipinski definition) is 8. The number of aromatic hydroxyl groups is 1. The molecule has 0 aliphatic rings. The maximum absolute atomic E-state index is 13.0. The number of phenols is 1. The number of thiol groups is 2. The van der Waals surface area contributed by atoms with Gasteiger partial charge in [0, 0.05) is 17.9 Å². The van der Waals surface area contributed by atoms with Crippen LogP contribution in [0.3, 0.4) is 0 Å². The zero-order chi connectivity index (χ0) is 25.1. The SMILES string of the molecule is CC(C)CC(N)C(=O)NC(Cc1ccc(O)cc1)C(=O)NC(CS)C(=O)NC(CS)C(=O)O. The Morgan fingerprint density at radius 1 is 0.879 bits per heavy atom. The molecule has 7 N–H and O–H groups in total. The van der Waals surface area contributed by atoms with Crippen molar-refractivity contribution in [1.29, 1.82) is 0 Å². The molecule has 0 fully saturated rings. The van der Waals surface area contributed by atoms with E-state index in [2.05, 4.69) is 41.2 Å². The quantitative estimate of drug-likeness (QED) is 0.172. The Morgan fingerprint density at radius 3 is 1.85 bits per heavy atom. The number of carboxylic acid groups (broad SMARTS) is 1. The van der Waals surface area contributed by atoms with E-state index in [4.69, 9.17) is 10.8 Å². The van der Waals surface area contributed by atoms with Crippen molar-refractivity contribution in [3.8, 4) is 5.75 Å². The molecule has 0 radical (unpaired) electrons.